The Hall–Kier alpha value is -2.97. The highest BCUT2D eigenvalue weighted by molar-refractivity contribution is 8.00. The molecule has 0 aliphatic carbocycles. The van der Waals surface area contributed by atoms with Crippen LogP contribution in [0.2, 0.25) is 5.02 Å². The Morgan fingerprint density at radius 3 is 2.39 bits per heavy atom. The number of rotatable bonds is 7. The lowest BCUT2D eigenvalue weighted by Crippen LogP contribution is -2.23. The molecule has 0 aromatic heterocycles. The van der Waals surface area contributed by atoms with E-state index in [0.29, 0.717) is 10.6 Å². The average Bonchev–Trinajstić information content (AvgIpc) is 2.75. The lowest BCUT2D eigenvalue weighted by atomic mass is 10.1. The minimum absolute atomic E-state index is 0.0108. The van der Waals surface area contributed by atoms with Crippen LogP contribution in [0.4, 0.5) is 24.5 Å². The monoisotopic (exact) mass is 492 g/mol. The number of benzene rings is 3. The van der Waals surface area contributed by atoms with Gasteiger partial charge in [0.25, 0.3) is 0 Å². The molecule has 4 nitrogen and oxygen atoms in total. The first-order chi connectivity index (χ1) is 15.6. The van der Waals surface area contributed by atoms with E-state index in [1.807, 2.05) is 30.3 Å². The number of hydrogen-bond acceptors (Lipinski definition) is 3. The lowest BCUT2D eigenvalue weighted by Gasteiger charge is -2.15. The van der Waals surface area contributed by atoms with Crippen molar-refractivity contribution in [2.45, 2.75) is 29.7 Å². The van der Waals surface area contributed by atoms with Crippen LogP contribution in [0.15, 0.2) is 77.7 Å². The normalized spacial score (nSPS) is 12.2. The quantitative estimate of drug-likeness (QED) is 0.363. The summed E-state index contributed by atoms with van der Waals surface area (Å²) in [5.41, 5.74) is 0.459. The summed E-state index contributed by atoms with van der Waals surface area (Å²) < 4.78 is 38.8. The van der Waals surface area contributed by atoms with E-state index >= 15 is 0 Å². The third kappa shape index (κ3) is 7.27. The molecule has 0 bridgehead atoms. The van der Waals surface area contributed by atoms with Gasteiger partial charge in [0.05, 0.1) is 27.9 Å². The van der Waals surface area contributed by atoms with E-state index in [1.54, 1.807) is 31.2 Å². The Labute approximate surface area is 198 Å². The Bertz CT molecular complexity index is 1140. The van der Waals surface area contributed by atoms with Gasteiger partial charge in [0.1, 0.15) is 0 Å². The summed E-state index contributed by atoms with van der Waals surface area (Å²) in [6.45, 7) is 1.63. The summed E-state index contributed by atoms with van der Waals surface area (Å²) in [7, 11) is 0. The standard InChI is InChI=1S/C24H20ClF3N2O2S/c1-15(23(32)30-21-13-17(24(26,27)28)10-11-20(21)25)33-19-9-5-8-18(14-19)29-22(31)12-16-6-3-2-4-7-16/h2-11,13-15H,12H2,1H3,(H,29,31)(H,30,32). The smallest absolute Gasteiger partial charge is 0.326 e. The molecule has 3 aromatic carbocycles. The minimum Gasteiger partial charge on any atom is -0.326 e. The van der Waals surface area contributed by atoms with E-state index in [0.717, 1.165) is 23.8 Å². The first-order valence-electron chi connectivity index (χ1n) is 9.90. The Balaban J connectivity index is 1.62. The summed E-state index contributed by atoms with van der Waals surface area (Å²) in [6, 6.07) is 19.1. The van der Waals surface area contributed by atoms with Gasteiger partial charge in [-0.05, 0) is 48.9 Å². The summed E-state index contributed by atoms with van der Waals surface area (Å²) in [4.78, 5) is 25.5. The van der Waals surface area contributed by atoms with Crippen molar-refractivity contribution in [3.63, 3.8) is 0 Å². The van der Waals surface area contributed by atoms with Crippen molar-refractivity contribution in [1.82, 2.24) is 0 Å². The topological polar surface area (TPSA) is 58.2 Å². The van der Waals surface area contributed by atoms with Gasteiger partial charge < -0.3 is 10.6 Å². The number of thioether (sulfide) groups is 1. The third-order valence-electron chi connectivity index (χ3n) is 4.56. The maximum atomic E-state index is 12.9. The molecule has 1 atom stereocenters. The molecule has 33 heavy (non-hydrogen) atoms. The number of hydrogen-bond donors (Lipinski definition) is 2. The van der Waals surface area contributed by atoms with Crippen molar-refractivity contribution in [2.24, 2.45) is 0 Å². The molecular weight excluding hydrogens is 473 g/mol. The van der Waals surface area contributed by atoms with Gasteiger partial charge >= 0.3 is 6.18 Å². The Morgan fingerprint density at radius 2 is 1.70 bits per heavy atom. The maximum Gasteiger partial charge on any atom is 0.416 e. The zero-order chi connectivity index (χ0) is 24.0. The van der Waals surface area contributed by atoms with E-state index in [9.17, 15) is 22.8 Å². The number of halogens is 4. The zero-order valence-electron chi connectivity index (χ0n) is 17.4. The molecule has 0 radical (unpaired) electrons. The zero-order valence-corrected chi connectivity index (χ0v) is 19.0. The van der Waals surface area contributed by atoms with E-state index in [2.05, 4.69) is 10.6 Å². The third-order valence-corrected chi connectivity index (χ3v) is 5.98. The second kappa shape index (κ2) is 10.8. The number of alkyl halides is 3. The summed E-state index contributed by atoms with van der Waals surface area (Å²) in [5.74, 6) is -0.673. The van der Waals surface area contributed by atoms with Crippen LogP contribution >= 0.6 is 23.4 Å². The maximum absolute atomic E-state index is 12.9. The van der Waals surface area contributed by atoms with Crippen molar-refractivity contribution in [1.29, 1.82) is 0 Å². The molecule has 2 N–H and O–H groups in total. The second-order valence-corrected chi connectivity index (χ2v) is 9.00. The van der Waals surface area contributed by atoms with Crippen LogP contribution in [0, 0.1) is 0 Å². The number of carbonyl (C=O) groups is 2. The first-order valence-corrected chi connectivity index (χ1v) is 11.2. The molecule has 0 heterocycles. The molecule has 172 valence electrons. The fourth-order valence-corrected chi connectivity index (χ4v) is 4.01. The Morgan fingerprint density at radius 1 is 0.970 bits per heavy atom. The van der Waals surface area contributed by atoms with E-state index in [1.165, 1.54) is 11.8 Å². The van der Waals surface area contributed by atoms with Crippen molar-refractivity contribution in [3.05, 3.63) is 88.9 Å². The SMILES string of the molecule is CC(Sc1cccc(NC(=O)Cc2ccccc2)c1)C(=O)Nc1cc(C(F)(F)F)ccc1Cl. The van der Waals surface area contributed by atoms with Crippen LogP contribution in [0.3, 0.4) is 0 Å². The van der Waals surface area contributed by atoms with Crippen LogP contribution < -0.4 is 10.6 Å². The molecule has 0 fully saturated rings. The minimum atomic E-state index is -4.55. The fraction of sp³-hybridized carbons (Fsp3) is 0.167. The van der Waals surface area contributed by atoms with E-state index < -0.39 is 22.9 Å². The van der Waals surface area contributed by atoms with Crippen molar-refractivity contribution in [2.75, 3.05) is 10.6 Å². The predicted molar refractivity (Wildman–Crippen MR) is 126 cm³/mol. The number of anilines is 2. The molecular formula is C24H20ClF3N2O2S. The largest absolute Gasteiger partial charge is 0.416 e. The van der Waals surface area contributed by atoms with Gasteiger partial charge in [-0.3, -0.25) is 9.59 Å². The van der Waals surface area contributed by atoms with Gasteiger partial charge in [-0.1, -0.05) is 48.0 Å². The van der Waals surface area contributed by atoms with Crippen molar-refractivity contribution < 1.29 is 22.8 Å². The summed E-state index contributed by atoms with van der Waals surface area (Å²) in [5, 5.41) is 4.66. The van der Waals surface area contributed by atoms with Crippen LogP contribution in [0.25, 0.3) is 0 Å². The average molecular weight is 493 g/mol. The predicted octanol–water partition coefficient (Wildman–Crippen LogP) is 6.66. The Kier molecular flexibility index (Phi) is 8.05. The molecule has 3 aromatic rings. The lowest BCUT2D eigenvalue weighted by molar-refractivity contribution is -0.137. The molecule has 1 unspecified atom stereocenters. The summed E-state index contributed by atoms with van der Waals surface area (Å²) in [6.07, 6.45) is -4.31. The molecule has 2 amide bonds. The fourth-order valence-electron chi connectivity index (χ4n) is 2.92. The molecule has 0 aliphatic heterocycles. The highest BCUT2D eigenvalue weighted by Crippen LogP contribution is 2.34. The van der Waals surface area contributed by atoms with Crippen LogP contribution in [-0.2, 0) is 22.2 Å². The molecule has 0 saturated carbocycles. The van der Waals surface area contributed by atoms with Gasteiger partial charge in [-0.15, -0.1) is 11.8 Å². The van der Waals surface area contributed by atoms with Gasteiger partial charge in [0.15, 0.2) is 0 Å². The van der Waals surface area contributed by atoms with Gasteiger partial charge in [0.2, 0.25) is 11.8 Å². The molecule has 0 saturated heterocycles. The van der Waals surface area contributed by atoms with Gasteiger partial charge in [-0.25, -0.2) is 0 Å². The first kappa shape index (κ1) is 24.7. The van der Waals surface area contributed by atoms with Crippen LogP contribution in [-0.4, -0.2) is 17.1 Å². The number of nitrogens with one attached hydrogen (secondary N) is 2. The molecule has 0 aliphatic rings. The second-order valence-electron chi connectivity index (χ2n) is 7.18. The summed E-state index contributed by atoms with van der Waals surface area (Å²) >= 11 is 7.16. The number of amides is 2. The van der Waals surface area contributed by atoms with Gasteiger partial charge in [-0.2, -0.15) is 13.2 Å². The van der Waals surface area contributed by atoms with Crippen LogP contribution in [0.1, 0.15) is 18.1 Å². The van der Waals surface area contributed by atoms with Gasteiger partial charge in [0, 0.05) is 10.6 Å². The van der Waals surface area contributed by atoms with E-state index in [-0.39, 0.29) is 23.0 Å². The number of carbonyl (C=O) groups excluding carboxylic acids is 2. The molecule has 9 heteroatoms. The van der Waals surface area contributed by atoms with Crippen molar-refractivity contribution in [3.8, 4) is 0 Å². The molecule has 0 spiro atoms. The highest BCUT2D eigenvalue weighted by atomic mass is 35.5. The van der Waals surface area contributed by atoms with Crippen molar-refractivity contribution >= 4 is 46.6 Å². The van der Waals surface area contributed by atoms with E-state index in [4.69, 9.17) is 11.6 Å². The highest BCUT2D eigenvalue weighted by Gasteiger charge is 2.31. The molecule has 3 rings (SSSR count). The van der Waals surface area contributed by atoms with Crippen LogP contribution in [0.5, 0.6) is 0 Å².